The van der Waals surface area contributed by atoms with Crippen LogP contribution in [0.25, 0.3) is 5.57 Å². The van der Waals surface area contributed by atoms with Crippen molar-refractivity contribution in [2.24, 2.45) is 0 Å². The Bertz CT molecular complexity index is 1270. The van der Waals surface area contributed by atoms with Crippen LogP contribution in [0.1, 0.15) is 11.1 Å². The highest BCUT2D eigenvalue weighted by atomic mass is 19.4. The second-order valence-corrected chi connectivity index (χ2v) is 7.46. The summed E-state index contributed by atoms with van der Waals surface area (Å²) in [5.74, 6) is -1.11. The maximum Gasteiger partial charge on any atom is 0.573 e. The molecule has 1 aliphatic heterocycles. The number of carbonyl (C=O) groups is 2. The van der Waals surface area contributed by atoms with E-state index in [0.717, 1.165) is 22.6 Å². The molecule has 174 valence electrons. The molecule has 4 rings (SSSR count). The summed E-state index contributed by atoms with van der Waals surface area (Å²) in [5.41, 5.74) is 1.92. The largest absolute Gasteiger partial charge is 0.573 e. The highest BCUT2D eigenvalue weighted by Gasteiger charge is 2.40. The molecular formula is C25H19F3N2O4. The van der Waals surface area contributed by atoms with E-state index in [2.05, 4.69) is 10.1 Å². The van der Waals surface area contributed by atoms with Crippen molar-refractivity contribution in [2.75, 3.05) is 17.3 Å². The molecule has 0 fully saturated rings. The third kappa shape index (κ3) is 4.73. The Morgan fingerprint density at radius 3 is 2.15 bits per heavy atom. The minimum absolute atomic E-state index is 0.0695. The van der Waals surface area contributed by atoms with E-state index in [0.29, 0.717) is 17.0 Å². The van der Waals surface area contributed by atoms with Gasteiger partial charge in [0.15, 0.2) is 0 Å². The van der Waals surface area contributed by atoms with E-state index in [9.17, 15) is 22.8 Å². The first-order valence-electron chi connectivity index (χ1n) is 10.1. The first-order valence-corrected chi connectivity index (χ1v) is 10.1. The zero-order valence-corrected chi connectivity index (χ0v) is 18.1. The summed E-state index contributed by atoms with van der Waals surface area (Å²) in [6.45, 7) is 1.88. The number of amides is 2. The molecule has 0 aliphatic carbocycles. The molecule has 1 aliphatic rings. The smallest absolute Gasteiger partial charge is 0.497 e. The molecule has 2 amide bonds. The number of benzene rings is 3. The maximum absolute atomic E-state index is 13.4. The van der Waals surface area contributed by atoms with Crippen molar-refractivity contribution in [3.05, 3.63) is 89.6 Å². The maximum atomic E-state index is 13.4. The first kappa shape index (κ1) is 22.9. The lowest BCUT2D eigenvalue weighted by atomic mass is 10.0. The fourth-order valence-corrected chi connectivity index (χ4v) is 3.51. The molecule has 6 nitrogen and oxygen atoms in total. The number of ether oxygens (including phenoxy) is 2. The van der Waals surface area contributed by atoms with Gasteiger partial charge in [0.05, 0.1) is 18.4 Å². The average molecular weight is 468 g/mol. The molecule has 0 bridgehead atoms. The number of aryl methyl sites for hydroxylation is 1. The normalized spacial score (nSPS) is 14.0. The van der Waals surface area contributed by atoms with Crippen molar-refractivity contribution in [3.63, 3.8) is 0 Å². The molecule has 1 N–H and O–H groups in total. The third-order valence-corrected chi connectivity index (χ3v) is 5.09. The second kappa shape index (κ2) is 8.93. The highest BCUT2D eigenvalue weighted by molar-refractivity contribution is 6.46. The van der Waals surface area contributed by atoms with Gasteiger partial charge in [-0.05, 0) is 48.9 Å². The van der Waals surface area contributed by atoms with Crippen molar-refractivity contribution in [1.29, 1.82) is 0 Å². The lowest BCUT2D eigenvalue weighted by molar-refractivity contribution is -0.274. The van der Waals surface area contributed by atoms with Crippen LogP contribution in [-0.2, 0) is 9.59 Å². The van der Waals surface area contributed by atoms with Crippen LogP contribution in [0.15, 0.2) is 78.5 Å². The van der Waals surface area contributed by atoms with Crippen LogP contribution in [0, 0.1) is 6.92 Å². The Hall–Kier alpha value is -4.27. The van der Waals surface area contributed by atoms with E-state index < -0.39 is 23.9 Å². The van der Waals surface area contributed by atoms with Crippen molar-refractivity contribution in [1.82, 2.24) is 0 Å². The summed E-state index contributed by atoms with van der Waals surface area (Å²) in [4.78, 5) is 27.8. The molecule has 3 aromatic rings. The fourth-order valence-electron chi connectivity index (χ4n) is 3.51. The van der Waals surface area contributed by atoms with Crippen molar-refractivity contribution in [3.8, 4) is 11.5 Å². The van der Waals surface area contributed by atoms with E-state index in [1.54, 1.807) is 48.5 Å². The molecule has 1 heterocycles. The molecule has 0 atom stereocenters. The molecule has 9 heteroatoms. The van der Waals surface area contributed by atoms with Crippen LogP contribution in [0.3, 0.4) is 0 Å². The third-order valence-electron chi connectivity index (χ3n) is 5.09. The number of anilines is 2. The van der Waals surface area contributed by atoms with Gasteiger partial charge >= 0.3 is 6.36 Å². The summed E-state index contributed by atoms with van der Waals surface area (Å²) in [6, 6.07) is 18.4. The quantitative estimate of drug-likeness (QED) is 0.498. The van der Waals surface area contributed by atoms with Gasteiger partial charge in [-0.3, -0.25) is 9.59 Å². The summed E-state index contributed by atoms with van der Waals surface area (Å²) in [6.07, 6.45) is -4.87. The first-order chi connectivity index (χ1) is 16.2. The molecule has 3 aromatic carbocycles. The number of hydrogen-bond donors (Lipinski definition) is 1. The fraction of sp³-hybridized carbons (Fsp3) is 0.120. The van der Waals surface area contributed by atoms with Crippen molar-refractivity contribution < 1.29 is 32.2 Å². The van der Waals surface area contributed by atoms with Crippen LogP contribution in [0.5, 0.6) is 11.5 Å². The Morgan fingerprint density at radius 2 is 1.53 bits per heavy atom. The number of carbonyl (C=O) groups excluding carboxylic acids is 2. The number of rotatable bonds is 6. The number of alkyl halides is 3. The van der Waals surface area contributed by atoms with E-state index in [-0.39, 0.29) is 17.0 Å². The van der Waals surface area contributed by atoms with E-state index in [1.165, 1.54) is 19.2 Å². The Morgan fingerprint density at radius 1 is 0.853 bits per heavy atom. The van der Waals surface area contributed by atoms with Gasteiger partial charge in [0, 0.05) is 11.8 Å². The Kier molecular flexibility index (Phi) is 6.02. The van der Waals surface area contributed by atoms with Crippen molar-refractivity contribution >= 4 is 28.8 Å². The number of halogens is 3. The number of nitrogens with one attached hydrogen (secondary N) is 1. The second-order valence-electron chi connectivity index (χ2n) is 7.46. The minimum atomic E-state index is -4.87. The number of nitrogens with zero attached hydrogens (tertiary/aromatic N) is 1. The number of imide groups is 1. The predicted molar refractivity (Wildman–Crippen MR) is 120 cm³/mol. The number of methoxy groups -OCH3 is 1. The van der Waals surface area contributed by atoms with E-state index in [1.807, 2.05) is 6.92 Å². The Labute approximate surface area is 193 Å². The van der Waals surface area contributed by atoms with Crippen molar-refractivity contribution in [2.45, 2.75) is 13.3 Å². The molecule has 0 saturated heterocycles. The summed E-state index contributed by atoms with van der Waals surface area (Å²) in [5, 5.41) is 2.82. The van der Waals surface area contributed by atoms with Gasteiger partial charge in [0.1, 0.15) is 17.2 Å². The van der Waals surface area contributed by atoms with Crippen LogP contribution in [0.4, 0.5) is 24.5 Å². The monoisotopic (exact) mass is 468 g/mol. The molecule has 0 saturated carbocycles. The van der Waals surface area contributed by atoms with Gasteiger partial charge in [-0.25, -0.2) is 4.90 Å². The topological polar surface area (TPSA) is 67.9 Å². The van der Waals surface area contributed by atoms with E-state index >= 15 is 0 Å². The minimum Gasteiger partial charge on any atom is -0.497 e. The SMILES string of the molecule is COc1ccc(C2=C(Nc3cccc(OC(F)(F)F)c3)C(=O)N(c3ccc(C)cc3)C2=O)cc1. The van der Waals surface area contributed by atoms with Gasteiger partial charge in [-0.15, -0.1) is 13.2 Å². The van der Waals surface area contributed by atoms with Gasteiger partial charge in [-0.1, -0.05) is 35.9 Å². The van der Waals surface area contributed by atoms with Crippen LogP contribution < -0.4 is 19.7 Å². The van der Waals surface area contributed by atoms with Gasteiger partial charge in [0.2, 0.25) is 0 Å². The van der Waals surface area contributed by atoms with Gasteiger partial charge < -0.3 is 14.8 Å². The highest BCUT2D eigenvalue weighted by Crippen LogP contribution is 2.35. The van der Waals surface area contributed by atoms with Gasteiger partial charge in [-0.2, -0.15) is 0 Å². The summed E-state index contributed by atoms with van der Waals surface area (Å²) < 4.78 is 47.0. The molecular weight excluding hydrogens is 449 g/mol. The van der Waals surface area contributed by atoms with E-state index in [4.69, 9.17) is 4.74 Å². The molecule has 0 aromatic heterocycles. The average Bonchev–Trinajstić information content (AvgIpc) is 3.03. The van der Waals surface area contributed by atoms with Crippen LogP contribution in [-0.4, -0.2) is 25.3 Å². The zero-order valence-electron chi connectivity index (χ0n) is 18.1. The summed E-state index contributed by atoms with van der Waals surface area (Å²) >= 11 is 0. The van der Waals surface area contributed by atoms with Crippen LogP contribution in [0.2, 0.25) is 0 Å². The lowest BCUT2D eigenvalue weighted by Gasteiger charge is -2.16. The van der Waals surface area contributed by atoms with Crippen LogP contribution >= 0.6 is 0 Å². The molecule has 0 radical (unpaired) electrons. The molecule has 0 unspecified atom stereocenters. The molecule has 34 heavy (non-hydrogen) atoms. The lowest BCUT2D eigenvalue weighted by Crippen LogP contribution is -2.32. The molecule has 0 spiro atoms. The number of hydrogen-bond acceptors (Lipinski definition) is 5. The van der Waals surface area contributed by atoms with Gasteiger partial charge in [0.25, 0.3) is 11.8 Å². The standard InChI is InChI=1S/C25H19F3N2O4/c1-15-6-10-18(11-7-15)30-23(31)21(16-8-12-19(33-2)13-9-16)22(24(30)32)29-17-4-3-5-20(14-17)34-25(26,27)28/h3-14,29H,1-2H3. The summed E-state index contributed by atoms with van der Waals surface area (Å²) in [7, 11) is 1.50. The Balaban J connectivity index is 1.76. The zero-order chi connectivity index (χ0) is 24.5. The predicted octanol–water partition coefficient (Wildman–Crippen LogP) is 5.30.